The molecular weight excluding hydrogens is 696 g/mol. The number of sulfonamides is 1. The maximum atomic E-state index is 13.7. The SMILES string of the molecule is CCCCc1oc2ccc(NS(C)(=O)=O)cc2c1C(=O)c1ccc(OCCCN(CCCC)CCCC)cc1.O=C(O)CC(O)(CC(=O)O)C(=O)O. The largest absolute Gasteiger partial charge is 0.494 e. The molecule has 288 valence electrons. The van der Waals surface area contributed by atoms with Gasteiger partial charge in [0, 0.05) is 29.6 Å². The number of hydrogen-bond acceptors (Lipinski definition) is 10. The molecule has 0 fully saturated rings. The lowest BCUT2D eigenvalue weighted by atomic mass is 9.96. The van der Waals surface area contributed by atoms with Crippen LogP contribution in [0.1, 0.15) is 100 Å². The Morgan fingerprint density at radius 2 is 1.38 bits per heavy atom. The first kappa shape index (κ1) is 43.7. The molecule has 0 bridgehead atoms. The molecule has 0 amide bonds. The second-order valence-electron chi connectivity index (χ2n) is 12.7. The normalized spacial score (nSPS) is 11.6. The lowest BCUT2D eigenvalue weighted by Crippen LogP contribution is -2.42. The zero-order valence-corrected chi connectivity index (χ0v) is 31.2. The molecule has 15 heteroatoms. The minimum Gasteiger partial charge on any atom is -0.494 e. The Kier molecular flexibility index (Phi) is 17.8. The zero-order valence-electron chi connectivity index (χ0n) is 30.4. The molecule has 0 atom stereocenters. The number of ether oxygens (including phenoxy) is 1. The Bertz CT molecular complexity index is 1710. The number of carbonyl (C=O) groups is 4. The van der Waals surface area contributed by atoms with Gasteiger partial charge in [-0.3, -0.25) is 19.1 Å². The van der Waals surface area contributed by atoms with Gasteiger partial charge in [-0.1, -0.05) is 40.0 Å². The van der Waals surface area contributed by atoms with Crippen molar-refractivity contribution >= 4 is 50.4 Å². The van der Waals surface area contributed by atoms with E-state index in [1.54, 1.807) is 30.3 Å². The molecular formula is C37H52N2O12S. The quantitative estimate of drug-likeness (QED) is 0.0572. The van der Waals surface area contributed by atoms with Crippen LogP contribution < -0.4 is 9.46 Å². The summed E-state index contributed by atoms with van der Waals surface area (Å²) in [5.41, 5.74) is -0.750. The van der Waals surface area contributed by atoms with E-state index in [2.05, 4.69) is 30.4 Å². The van der Waals surface area contributed by atoms with Crippen molar-refractivity contribution < 1.29 is 57.2 Å². The first-order chi connectivity index (χ1) is 24.5. The Hall–Kier alpha value is -4.47. The van der Waals surface area contributed by atoms with E-state index in [0.717, 1.165) is 50.9 Å². The Morgan fingerprint density at radius 3 is 1.88 bits per heavy atom. The molecule has 0 unspecified atom stereocenters. The number of anilines is 1. The van der Waals surface area contributed by atoms with Crippen LogP contribution >= 0.6 is 0 Å². The van der Waals surface area contributed by atoms with E-state index < -0.39 is 46.4 Å². The van der Waals surface area contributed by atoms with Crippen LogP contribution in [0.15, 0.2) is 46.9 Å². The molecule has 2 aromatic carbocycles. The number of aryl methyl sites for hydroxylation is 1. The van der Waals surface area contributed by atoms with Crippen molar-refractivity contribution in [2.24, 2.45) is 0 Å². The fourth-order valence-corrected chi connectivity index (χ4v) is 5.88. The average molecular weight is 749 g/mol. The third-order valence-corrected chi connectivity index (χ3v) is 8.60. The van der Waals surface area contributed by atoms with Crippen LogP contribution in [0.2, 0.25) is 0 Å². The van der Waals surface area contributed by atoms with Crippen LogP contribution in [-0.4, -0.2) is 95.5 Å². The van der Waals surface area contributed by atoms with Gasteiger partial charge in [0.15, 0.2) is 11.4 Å². The molecule has 0 aliphatic heterocycles. The Labute approximate surface area is 304 Å². The number of fused-ring (bicyclic) bond motifs is 1. The van der Waals surface area contributed by atoms with Crippen molar-refractivity contribution in [1.82, 2.24) is 4.90 Å². The number of carbonyl (C=O) groups excluding carboxylic acids is 1. The first-order valence-corrected chi connectivity index (χ1v) is 19.3. The predicted molar refractivity (Wildman–Crippen MR) is 197 cm³/mol. The van der Waals surface area contributed by atoms with Crippen LogP contribution in [0.3, 0.4) is 0 Å². The van der Waals surface area contributed by atoms with E-state index in [0.29, 0.717) is 46.6 Å². The van der Waals surface area contributed by atoms with Gasteiger partial charge < -0.3 is 34.5 Å². The van der Waals surface area contributed by atoms with Gasteiger partial charge in [0.05, 0.1) is 31.3 Å². The van der Waals surface area contributed by atoms with Gasteiger partial charge in [-0.05, 0) is 81.2 Å². The highest BCUT2D eigenvalue weighted by Crippen LogP contribution is 2.32. The van der Waals surface area contributed by atoms with Crippen LogP contribution in [0.4, 0.5) is 5.69 Å². The summed E-state index contributed by atoms with van der Waals surface area (Å²) in [7, 11) is -3.45. The molecule has 0 saturated heterocycles. The smallest absolute Gasteiger partial charge is 0.336 e. The lowest BCUT2D eigenvalue weighted by molar-refractivity contribution is -0.170. The van der Waals surface area contributed by atoms with E-state index in [9.17, 15) is 27.6 Å². The zero-order chi connectivity index (χ0) is 38.9. The summed E-state index contributed by atoms with van der Waals surface area (Å²) in [6, 6.07) is 12.3. The standard InChI is InChI=1S/C31H44N2O5S.C6H8O7/c1-5-8-12-29-30(27-23-25(32-39(4,35)36)15-18-28(27)38-29)31(34)24-13-16-26(17-14-24)37-22-11-21-33(19-9-6-2)20-10-7-3;7-3(8)1-6(13,5(11)12)2-4(9)10/h13-18,23,32H,5-12,19-22H2,1-4H3;13H,1-2H2,(H,7,8)(H,9,10)(H,11,12). The summed E-state index contributed by atoms with van der Waals surface area (Å²) in [4.78, 5) is 46.7. The number of hydrogen-bond donors (Lipinski definition) is 5. The van der Waals surface area contributed by atoms with E-state index in [-0.39, 0.29) is 5.78 Å². The molecule has 0 radical (unpaired) electrons. The van der Waals surface area contributed by atoms with Crippen molar-refractivity contribution in [3.8, 4) is 5.75 Å². The topological polar surface area (TPSA) is 221 Å². The van der Waals surface area contributed by atoms with Gasteiger partial charge in [-0.15, -0.1) is 0 Å². The van der Waals surface area contributed by atoms with Crippen molar-refractivity contribution in [2.75, 3.05) is 37.2 Å². The highest BCUT2D eigenvalue weighted by atomic mass is 32.2. The monoisotopic (exact) mass is 748 g/mol. The van der Waals surface area contributed by atoms with Gasteiger partial charge in [-0.25, -0.2) is 13.2 Å². The number of benzene rings is 2. The third kappa shape index (κ3) is 14.6. The summed E-state index contributed by atoms with van der Waals surface area (Å²) in [5, 5.41) is 34.4. The van der Waals surface area contributed by atoms with Crippen molar-refractivity contribution in [3.05, 3.63) is 59.4 Å². The van der Waals surface area contributed by atoms with Crippen molar-refractivity contribution in [1.29, 1.82) is 0 Å². The number of carboxylic acids is 3. The summed E-state index contributed by atoms with van der Waals surface area (Å²) < 4.78 is 38.0. The number of unbranched alkanes of at least 4 members (excludes halogenated alkanes) is 3. The number of furan rings is 1. The molecule has 3 rings (SSSR count). The van der Waals surface area contributed by atoms with Crippen LogP contribution in [0.5, 0.6) is 5.75 Å². The average Bonchev–Trinajstić information content (AvgIpc) is 3.42. The number of rotatable bonds is 23. The van der Waals surface area contributed by atoms with E-state index in [1.165, 1.54) is 25.7 Å². The number of ketones is 1. The summed E-state index contributed by atoms with van der Waals surface area (Å²) in [6.07, 6.45) is 7.11. The van der Waals surface area contributed by atoms with Crippen molar-refractivity contribution in [3.63, 3.8) is 0 Å². The molecule has 5 N–H and O–H groups in total. The minimum absolute atomic E-state index is 0.148. The van der Waals surface area contributed by atoms with Crippen LogP contribution in [-0.2, 0) is 30.8 Å². The van der Waals surface area contributed by atoms with E-state index in [4.69, 9.17) is 29.6 Å². The lowest BCUT2D eigenvalue weighted by Gasteiger charge is -2.21. The van der Waals surface area contributed by atoms with E-state index >= 15 is 0 Å². The molecule has 14 nitrogen and oxygen atoms in total. The number of aliphatic carboxylic acids is 3. The maximum absolute atomic E-state index is 13.7. The second kappa shape index (κ2) is 21.2. The van der Waals surface area contributed by atoms with Crippen LogP contribution in [0.25, 0.3) is 11.0 Å². The number of aliphatic hydroxyl groups is 1. The minimum atomic E-state index is -3.45. The van der Waals surface area contributed by atoms with E-state index in [1.807, 2.05) is 12.1 Å². The summed E-state index contributed by atoms with van der Waals surface area (Å²) >= 11 is 0. The molecule has 1 aromatic heterocycles. The number of nitrogens with one attached hydrogen (secondary N) is 1. The van der Waals surface area contributed by atoms with Crippen molar-refractivity contribution in [2.45, 2.75) is 90.6 Å². The summed E-state index contributed by atoms with van der Waals surface area (Å²) in [6.45, 7) is 10.5. The molecule has 0 saturated carbocycles. The maximum Gasteiger partial charge on any atom is 0.336 e. The molecule has 0 aliphatic rings. The van der Waals surface area contributed by atoms with Crippen LogP contribution in [0, 0.1) is 0 Å². The highest BCUT2D eigenvalue weighted by Gasteiger charge is 2.40. The predicted octanol–water partition coefficient (Wildman–Crippen LogP) is 5.80. The Morgan fingerprint density at radius 1 is 0.827 bits per heavy atom. The number of carboxylic acid groups (broad SMARTS) is 3. The second-order valence-corrected chi connectivity index (χ2v) is 14.4. The van der Waals surface area contributed by atoms with Gasteiger partial charge in [-0.2, -0.15) is 0 Å². The van der Waals surface area contributed by atoms with Gasteiger partial charge in [0.25, 0.3) is 0 Å². The number of nitrogens with zero attached hydrogens (tertiary/aromatic N) is 1. The van der Waals surface area contributed by atoms with Gasteiger partial charge in [0.1, 0.15) is 17.1 Å². The van der Waals surface area contributed by atoms with Gasteiger partial charge in [0.2, 0.25) is 10.0 Å². The van der Waals surface area contributed by atoms with Gasteiger partial charge >= 0.3 is 17.9 Å². The third-order valence-electron chi connectivity index (χ3n) is 7.99. The molecule has 0 aliphatic carbocycles. The molecule has 0 spiro atoms. The first-order valence-electron chi connectivity index (χ1n) is 17.5. The fraction of sp³-hybridized carbons (Fsp3) is 0.514. The Balaban J connectivity index is 0.000000612. The highest BCUT2D eigenvalue weighted by molar-refractivity contribution is 7.92. The summed E-state index contributed by atoms with van der Waals surface area (Å²) in [5.74, 6) is -3.80. The molecule has 1 heterocycles. The molecule has 3 aromatic rings. The molecule has 52 heavy (non-hydrogen) atoms. The fourth-order valence-electron chi connectivity index (χ4n) is 5.33.